The summed E-state index contributed by atoms with van der Waals surface area (Å²) < 4.78 is 2.41. The summed E-state index contributed by atoms with van der Waals surface area (Å²) in [6, 6.07) is 0. The summed E-state index contributed by atoms with van der Waals surface area (Å²) in [4.78, 5) is 0. The number of nitrogens with zero attached hydrogens (tertiary/aromatic N) is 2. The summed E-state index contributed by atoms with van der Waals surface area (Å²) in [5.74, 6) is 0. The Morgan fingerprint density at radius 2 is 0.531 bits per heavy atom. The minimum Gasteiger partial charge on any atom is -1.00 e. The predicted molar refractivity (Wildman–Crippen MR) is 138 cm³/mol. The first-order valence-corrected chi connectivity index (χ1v) is 14.0. The second kappa shape index (κ2) is 25.0. The van der Waals surface area contributed by atoms with E-state index in [4.69, 9.17) is 0 Å². The number of unbranched alkanes of at least 4 members (excludes halogenated alkanes) is 16. The zero-order chi connectivity index (χ0) is 22.6. The Bertz CT molecular complexity index is 325. The van der Waals surface area contributed by atoms with Gasteiger partial charge in [-0.2, -0.15) is 0 Å². The fourth-order valence-corrected chi connectivity index (χ4v) is 4.47. The van der Waals surface area contributed by atoms with Gasteiger partial charge >= 0.3 is 0 Å². The van der Waals surface area contributed by atoms with Gasteiger partial charge in [0.05, 0.1) is 41.3 Å². The van der Waals surface area contributed by atoms with E-state index in [1.807, 2.05) is 0 Å². The van der Waals surface area contributed by atoms with E-state index >= 15 is 0 Å². The fourth-order valence-electron chi connectivity index (χ4n) is 4.47. The van der Waals surface area contributed by atoms with E-state index in [0.29, 0.717) is 0 Å². The second-order valence-corrected chi connectivity index (χ2v) is 11.4. The maximum Gasteiger partial charge on any atom is 0.128 e. The van der Waals surface area contributed by atoms with E-state index in [1.165, 1.54) is 151 Å². The maximum atomic E-state index is 2.45. The molecule has 0 aliphatic carbocycles. The highest BCUT2D eigenvalue weighted by atomic mass is 79.9. The lowest BCUT2D eigenvalue weighted by atomic mass is 10.1. The molecule has 32 heavy (non-hydrogen) atoms. The van der Waals surface area contributed by atoms with Crippen molar-refractivity contribution < 1.29 is 42.9 Å². The van der Waals surface area contributed by atoms with Gasteiger partial charge in [0.25, 0.3) is 0 Å². The SMILES string of the molecule is CCCCCCCCCCC[N+](C)(C)CC[N+](C)(C)CCCCCCCCCCC.[Br-].[Br-]. The van der Waals surface area contributed by atoms with Gasteiger partial charge in [-0.15, -0.1) is 0 Å². The number of hydrogen-bond donors (Lipinski definition) is 0. The Labute approximate surface area is 226 Å². The lowest BCUT2D eigenvalue weighted by Crippen LogP contribution is -3.00. The van der Waals surface area contributed by atoms with Crippen LogP contribution in [0.25, 0.3) is 0 Å². The van der Waals surface area contributed by atoms with Gasteiger partial charge in [-0.3, -0.25) is 0 Å². The molecule has 198 valence electrons. The Balaban J connectivity index is -0.00000420. The van der Waals surface area contributed by atoms with Crippen LogP contribution in [0.15, 0.2) is 0 Å². The molecule has 0 bridgehead atoms. The Kier molecular flexibility index (Phi) is 29.2. The van der Waals surface area contributed by atoms with Crippen LogP contribution in [0.5, 0.6) is 0 Å². The zero-order valence-corrected chi connectivity index (χ0v) is 26.4. The summed E-state index contributed by atoms with van der Waals surface area (Å²) in [6.07, 6.45) is 25.8. The Morgan fingerprint density at radius 3 is 0.781 bits per heavy atom. The third kappa shape index (κ3) is 27.1. The van der Waals surface area contributed by atoms with Gasteiger partial charge in [0.2, 0.25) is 0 Å². The van der Waals surface area contributed by atoms with Crippen LogP contribution in [0.4, 0.5) is 0 Å². The van der Waals surface area contributed by atoms with Crippen LogP contribution in [0, 0.1) is 0 Å². The number of hydrogen-bond acceptors (Lipinski definition) is 0. The molecular formula is C28H62Br2N2. The monoisotopic (exact) mass is 584 g/mol. The fraction of sp³-hybridized carbons (Fsp3) is 1.00. The summed E-state index contributed by atoms with van der Waals surface area (Å²) >= 11 is 0. The van der Waals surface area contributed by atoms with E-state index < -0.39 is 0 Å². The normalized spacial score (nSPS) is 11.8. The van der Waals surface area contributed by atoms with Crippen LogP contribution in [-0.2, 0) is 0 Å². The third-order valence-corrected chi connectivity index (χ3v) is 7.04. The smallest absolute Gasteiger partial charge is 0.128 e. The third-order valence-electron chi connectivity index (χ3n) is 7.04. The van der Waals surface area contributed by atoms with Crippen molar-refractivity contribution in [2.24, 2.45) is 0 Å². The van der Waals surface area contributed by atoms with Crippen LogP contribution < -0.4 is 34.0 Å². The summed E-state index contributed by atoms with van der Waals surface area (Å²) in [5.41, 5.74) is 0. The summed E-state index contributed by atoms with van der Waals surface area (Å²) in [5, 5.41) is 0. The van der Waals surface area contributed by atoms with Crippen LogP contribution in [0.2, 0.25) is 0 Å². The molecule has 0 spiro atoms. The zero-order valence-electron chi connectivity index (χ0n) is 23.2. The average molecular weight is 587 g/mol. The topological polar surface area (TPSA) is 0 Å². The quantitative estimate of drug-likeness (QED) is 0.127. The number of quaternary nitrogens is 2. The molecule has 0 aliphatic rings. The minimum absolute atomic E-state index is 0. The molecule has 0 aromatic carbocycles. The van der Waals surface area contributed by atoms with E-state index in [2.05, 4.69) is 42.0 Å². The predicted octanol–water partition coefficient (Wildman–Crippen LogP) is 2.21. The van der Waals surface area contributed by atoms with Crippen molar-refractivity contribution in [3.05, 3.63) is 0 Å². The molecule has 0 aromatic rings. The molecule has 0 unspecified atom stereocenters. The molecule has 0 rings (SSSR count). The van der Waals surface area contributed by atoms with E-state index in [-0.39, 0.29) is 34.0 Å². The molecule has 0 fully saturated rings. The summed E-state index contributed by atoms with van der Waals surface area (Å²) in [6.45, 7) is 9.96. The van der Waals surface area contributed by atoms with Gasteiger partial charge in [0, 0.05) is 0 Å². The van der Waals surface area contributed by atoms with Crippen molar-refractivity contribution in [2.75, 3.05) is 54.4 Å². The number of rotatable bonds is 23. The van der Waals surface area contributed by atoms with Gasteiger partial charge in [-0.1, -0.05) is 104 Å². The van der Waals surface area contributed by atoms with Crippen LogP contribution in [0.3, 0.4) is 0 Å². The first-order chi connectivity index (χ1) is 14.3. The molecule has 0 radical (unpaired) electrons. The molecule has 4 heteroatoms. The largest absolute Gasteiger partial charge is 1.00 e. The van der Waals surface area contributed by atoms with Gasteiger partial charge in [-0.05, 0) is 25.7 Å². The lowest BCUT2D eigenvalue weighted by Gasteiger charge is -2.36. The number of halogens is 2. The Hall–Kier alpha value is 0.880. The van der Waals surface area contributed by atoms with Crippen molar-refractivity contribution in [1.29, 1.82) is 0 Å². The van der Waals surface area contributed by atoms with E-state index in [0.717, 1.165) is 0 Å². The summed E-state index contributed by atoms with van der Waals surface area (Å²) in [7, 11) is 9.79. The second-order valence-electron chi connectivity index (χ2n) is 11.4. The highest BCUT2D eigenvalue weighted by Gasteiger charge is 2.22. The molecule has 2 nitrogen and oxygen atoms in total. The standard InChI is InChI=1S/C28H62N2.2BrH/c1-7-9-11-13-15-17-19-21-23-25-29(3,4)27-28-30(5,6)26-24-22-20-18-16-14-12-10-8-2;;/h7-28H2,1-6H3;2*1H/q+2;;/p-2. The van der Waals surface area contributed by atoms with Gasteiger partial charge in [-0.25, -0.2) is 0 Å². The van der Waals surface area contributed by atoms with Crippen LogP contribution in [0.1, 0.15) is 129 Å². The van der Waals surface area contributed by atoms with Crippen molar-refractivity contribution in [2.45, 2.75) is 129 Å². The highest BCUT2D eigenvalue weighted by molar-refractivity contribution is 4.49. The van der Waals surface area contributed by atoms with Crippen molar-refractivity contribution in [3.63, 3.8) is 0 Å². The van der Waals surface area contributed by atoms with Crippen molar-refractivity contribution in [3.8, 4) is 0 Å². The van der Waals surface area contributed by atoms with Crippen LogP contribution >= 0.6 is 0 Å². The van der Waals surface area contributed by atoms with Gasteiger partial charge in [0.15, 0.2) is 0 Å². The molecule has 0 aliphatic heterocycles. The molecule has 0 N–H and O–H groups in total. The van der Waals surface area contributed by atoms with Gasteiger partial charge in [0.1, 0.15) is 13.1 Å². The molecule has 0 aromatic heterocycles. The van der Waals surface area contributed by atoms with Crippen molar-refractivity contribution in [1.82, 2.24) is 0 Å². The van der Waals surface area contributed by atoms with Crippen molar-refractivity contribution >= 4 is 0 Å². The molecule has 0 heterocycles. The first kappa shape index (κ1) is 37.4. The lowest BCUT2D eigenvalue weighted by molar-refractivity contribution is -0.946. The van der Waals surface area contributed by atoms with E-state index in [1.54, 1.807) is 0 Å². The Morgan fingerprint density at radius 1 is 0.312 bits per heavy atom. The van der Waals surface area contributed by atoms with E-state index in [9.17, 15) is 0 Å². The highest BCUT2D eigenvalue weighted by Crippen LogP contribution is 2.13. The molecule has 0 amide bonds. The molecule has 0 saturated heterocycles. The first-order valence-electron chi connectivity index (χ1n) is 14.0. The average Bonchev–Trinajstić information content (AvgIpc) is 2.70. The van der Waals surface area contributed by atoms with Gasteiger partial charge < -0.3 is 42.9 Å². The maximum absolute atomic E-state index is 2.45. The molecule has 0 atom stereocenters. The number of likely N-dealkylation sites (N-methyl/N-ethyl adjacent to an activating group) is 2. The van der Waals surface area contributed by atoms with Crippen LogP contribution in [-0.4, -0.2) is 63.3 Å². The molecule has 0 saturated carbocycles. The minimum atomic E-state index is 0. The molecular weight excluding hydrogens is 524 g/mol.